The summed E-state index contributed by atoms with van der Waals surface area (Å²) in [6.45, 7) is 6.67. The number of carboxylic acids is 1. The second-order valence-electron chi connectivity index (χ2n) is 4.73. The summed E-state index contributed by atoms with van der Waals surface area (Å²) >= 11 is 0. The third-order valence-corrected chi connectivity index (χ3v) is 3.68. The molecule has 0 spiro atoms. The molecule has 0 saturated carbocycles. The average molecular weight is 285 g/mol. The SMILES string of the molecule is C=C(C(=O)OC)N1C(=O)C(C(C)OC)C1C(C)C(=O)O. The summed E-state index contributed by atoms with van der Waals surface area (Å²) in [5.41, 5.74) is -0.157. The van der Waals surface area contributed by atoms with Crippen LogP contribution in [0.15, 0.2) is 12.3 Å². The highest BCUT2D eigenvalue weighted by molar-refractivity contribution is 5.98. The Balaban J connectivity index is 3.06. The zero-order chi connectivity index (χ0) is 15.6. The molecule has 1 fully saturated rings. The van der Waals surface area contributed by atoms with Gasteiger partial charge in [-0.3, -0.25) is 9.59 Å². The standard InChI is InChI=1S/C13H19NO6/c1-6(12(16)17)10-9(8(3)19-4)11(15)14(10)7(2)13(18)20-5/h6,8-10H,2H2,1,3-5H3,(H,16,17). The Hall–Kier alpha value is -1.89. The number of likely N-dealkylation sites (tertiary alicyclic amines) is 1. The molecular weight excluding hydrogens is 266 g/mol. The Morgan fingerprint density at radius 1 is 1.35 bits per heavy atom. The van der Waals surface area contributed by atoms with E-state index in [1.165, 1.54) is 21.1 Å². The van der Waals surface area contributed by atoms with E-state index >= 15 is 0 Å². The van der Waals surface area contributed by atoms with Gasteiger partial charge in [0.2, 0.25) is 5.91 Å². The van der Waals surface area contributed by atoms with E-state index in [-0.39, 0.29) is 11.6 Å². The van der Waals surface area contributed by atoms with Gasteiger partial charge in [-0.1, -0.05) is 6.58 Å². The number of carbonyl (C=O) groups is 3. The van der Waals surface area contributed by atoms with Gasteiger partial charge in [-0.05, 0) is 13.8 Å². The Labute approximate surface area is 117 Å². The van der Waals surface area contributed by atoms with Crippen molar-refractivity contribution in [1.29, 1.82) is 0 Å². The van der Waals surface area contributed by atoms with Crippen LogP contribution in [0.5, 0.6) is 0 Å². The van der Waals surface area contributed by atoms with Crippen LogP contribution in [0.4, 0.5) is 0 Å². The quantitative estimate of drug-likeness (QED) is 0.427. The molecule has 1 amide bonds. The maximum Gasteiger partial charge on any atom is 0.354 e. The first-order valence-corrected chi connectivity index (χ1v) is 6.13. The number of ether oxygens (including phenoxy) is 2. The van der Waals surface area contributed by atoms with E-state index in [2.05, 4.69) is 11.3 Å². The molecule has 1 heterocycles. The minimum Gasteiger partial charge on any atom is -0.481 e. The summed E-state index contributed by atoms with van der Waals surface area (Å²) in [5.74, 6) is -3.67. The van der Waals surface area contributed by atoms with Crippen LogP contribution in [0.1, 0.15) is 13.8 Å². The number of aliphatic carboxylic acids is 1. The van der Waals surface area contributed by atoms with Crippen LogP contribution in [-0.2, 0) is 23.9 Å². The van der Waals surface area contributed by atoms with E-state index in [1.807, 2.05) is 0 Å². The van der Waals surface area contributed by atoms with Crippen molar-refractivity contribution in [1.82, 2.24) is 4.90 Å². The predicted molar refractivity (Wildman–Crippen MR) is 68.6 cm³/mol. The number of amides is 1. The molecule has 112 valence electrons. The van der Waals surface area contributed by atoms with E-state index in [0.29, 0.717) is 0 Å². The first-order chi connectivity index (χ1) is 9.27. The molecule has 0 aliphatic carbocycles. The fourth-order valence-electron chi connectivity index (χ4n) is 2.37. The van der Waals surface area contributed by atoms with Crippen molar-refractivity contribution < 1.29 is 29.0 Å². The Bertz CT molecular complexity index is 446. The fraction of sp³-hybridized carbons (Fsp3) is 0.615. The van der Waals surface area contributed by atoms with Crippen LogP contribution >= 0.6 is 0 Å². The molecule has 1 aliphatic heterocycles. The van der Waals surface area contributed by atoms with Crippen molar-refractivity contribution in [3.05, 3.63) is 12.3 Å². The van der Waals surface area contributed by atoms with Crippen LogP contribution < -0.4 is 0 Å². The molecule has 1 rings (SSSR count). The maximum atomic E-state index is 12.1. The van der Waals surface area contributed by atoms with Crippen LogP contribution in [0.25, 0.3) is 0 Å². The lowest BCUT2D eigenvalue weighted by Crippen LogP contribution is -2.67. The van der Waals surface area contributed by atoms with E-state index in [1.54, 1.807) is 6.92 Å². The number of hydrogen-bond donors (Lipinski definition) is 1. The average Bonchev–Trinajstić information content (AvgIpc) is 2.42. The topological polar surface area (TPSA) is 93.1 Å². The number of esters is 1. The highest BCUT2D eigenvalue weighted by Crippen LogP contribution is 2.38. The van der Waals surface area contributed by atoms with Gasteiger partial charge in [0, 0.05) is 7.11 Å². The lowest BCUT2D eigenvalue weighted by molar-refractivity contribution is -0.173. The molecule has 1 N–H and O–H groups in total. The van der Waals surface area contributed by atoms with Gasteiger partial charge >= 0.3 is 11.9 Å². The van der Waals surface area contributed by atoms with Crippen molar-refractivity contribution >= 4 is 17.8 Å². The van der Waals surface area contributed by atoms with Gasteiger partial charge in [-0.15, -0.1) is 0 Å². The molecule has 0 radical (unpaired) electrons. The van der Waals surface area contributed by atoms with E-state index < -0.39 is 35.9 Å². The third kappa shape index (κ3) is 2.53. The highest BCUT2D eigenvalue weighted by Gasteiger charge is 2.56. The van der Waals surface area contributed by atoms with E-state index in [4.69, 9.17) is 9.84 Å². The molecule has 4 unspecified atom stereocenters. The van der Waals surface area contributed by atoms with Gasteiger partial charge in [-0.25, -0.2) is 4.79 Å². The lowest BCUT2D eigenvalue weighted by atomic mass is 9.76. The molecule has 0 aromatic rings. The third-order valence-electron chi connectivity index (χ3n) is 3.68. The number of carbonyl (C=O) groups excluding carboxylic acids is 2. The second-order valence-corrected chi connectivity index (χ2v) is 4.73. The number of rotatable bonds is 6. The van der Waals surface area contributed by atoms with Crippen LogP contribution in [0, 0.1) is 11.8 Å². The number of methoxy groups -OCH3 is 2. The number of carboxylic acid groups (broad SMARTS) is 1. The smallest absolute Gasteiger partial charge is 0.354 e. The minimum absolute atomic E-state index is 0.157. The maximum absolute atomic E-state index is 12.1. The Morgan fingerprint density at radius 3 is 2.30 bits per heavy atom. The van der Waals surface area contributed by atoms with Crippen molar-refractivity contribution in [2.45, 2.75) is 26.0 Å². The van der Waals surface area contributed by atoms with Crippen LogP contribution in [-0.4, -0.2) is 54.2 Å². The molecule has 7 nitrogen and oxygen atoms in total. The zero-order valence-electron chi connectivity index (χ0n) is 12.0. The van der Waals surface area contributed by atoms with Crippen molar-refractivity contribution in [3.8, 4) is 0 Å². The fourth-order valence-corrected chi connectivity index (χ4v) is 2.37. The molecule has 4 atom stereocenters. The lowest BCUT2D eigenvalue weighted by Gasteiger charge is -2.50. The Kier molecular flexibility index (Phi) is 4.88. The van der Waals surface area contributed by atoms with Crippen molar-refractivity contribution in [2.24, 2.45) is 11.8 Å². The molecule has 0 aromatic heterocycles. The number of nitrogens with zero attached hydrogens (tertiary/aromatic N) is 1. The zero-order valence-corrected chi connectivity index (χ0v) is 12.0. The monoisotopic (exact) mass is 285 g/mol. The normalized spacial score (nSPS) is 24.6. The summed E-state index contributed by atoms with van der Waals surface area (Å²) in [4.78, 5) is 35.9. The largest absolute Gasteiger partial charge is 0.481 e. The summed E-state index contributed by atoms with van der Waals surface area (Å²) in [6.07, 6.45) is -0.448. The van der Waals surface area contributed by atoms with Crippen LogP contribution in [0.2, 0.25) is 0 Å². The molecule has 0 aromatic carbocycles. The molecular formula is C13H19NO6. The number of hydrogen-bond acceptors (Lipinski definition) is 5. The summed E-state index contributed by atoms with van der Waals surface area (Å²) in [6, 6.07) is -0.679. The minimum atomic E-state index is -1.06. The van der Waals surface area contributed by atoms with Crippen molar-refractivity contribution in [3.63, 3.8) is 0 Å². The molecule has 1 aliphatic rings. The summed E-state index contributed by atoms with van der Waals surface area (Å²) in [7, 11) is 2.61. The van der Waals surface area contributed by atoms with Gasteiger partial charge in [0.1, 0.15) is 5.70 Å². The van der Waals surface area contributed by atoms with Gasteiger partial charge in [-0.2, -0.15) is 0 Å². The first kappa shape index (κ1) is 16.2. The van der Waals surface area contributed by atoms with E-state index in [9.17, 15) is 14.4 Å². The predicted octanol–water partition coefficient (Wildman–Crippen LogP) is 0.256. The highest BCUT2D eigenvalue weighted by atomic mass is 16.5. The van der Waals surface area contributed by atoms with Gasteiger partial charge in [0.25, 0.3) is 0 Å². The molecule has 20 heavy (non-hydrogen) atoms. The van der Waals surface area contributed by atoms with Gasteiger partial charge < -0.3 is 19.5 Å². The Morgan fingerprint density at radius 2 is 1.90 bits per heavy atom. The van der Waals surface area contributed by atoms with Crippen LogP contribution in [0.3, 0.4) is 0 Å². The second kappa shape index (κ2) is 6.04. The molecule has 0 bridgehead atoms. The summed E-state index contributed by atoms with van der Waals surface area (Å²) < 4.78 is 9.63. The number of β-lactam (4-membered cyclic amide) rings is 1. The molecule has 1 saturated heterocycles. The van der Waals surface area contributed by atoms with Crippen molar-refractivity contribution in [2.75, 3.05) is 14.2 Å². The molecule has 7 heteroatoms. The van der Waals surface area contributed by atoms with E-state index in [0.717, 1.165) is 4.90 Å². The summed E-state index contributed by atoms with van der Waals surface area (Å²) in [5, 5.41) is 9.15. The first-order valence-electron chi connectivity index (χ1n) is 6.13. The van der Waals surface area contributed by atoms with Gasteiger partial charge in [0.05, 0.1) is 31.1 Å². The van der Waals surface area contributed by atoms with Gasteiger partial charge in [0.15, 0.2) is 0 Å².